The van der Waals surface area contributed by atoms with Gasteiger partial charge in [-0.05, 0) is 12.1 Å². The molecule has 0 saturated heterocycles. The van der Waals surface area contributed by atoms with Crippen LogP contribution in [0.4, 0.5) is 10.9 Å². The number of nitrogens with two attached hydrogens (primary N) is 2. The molecule has 0 aliphatic heterocycles. The quantitative estimate of drug-likeness (QED) is 0.687. The summed E-state index contributed by atoms with van der Waals surface area (Å²) in [7, 11) is 0. The number of fused-ring (bicyclic) bond motifs is 1. The molecule has 0 aliphatic carbocycles. The highest BCUT2D eigenvalue weighted by Gasteiger charge is 2.10. The summed E-state index contributed by atoms with van der Waals surface area (Å²) < 4.78 is 0. The highest BCUT2D eigenvalue weighted by Crippen LogP contribution is 2.32. The Morgan fingerprint density at radius 1 is 0.941 bits per heavy atom. The average Bonchev–Trinajstić information content (AvgIpc) is 2.68. The number of rotatable bonds is 1. The van der Waals surface area contributed by atoms with E-state index in [2.05, 4.69) is 9.97 Å². The maximum atomic E-state index is 5.80. The predicted molar refractivity (Wildman–Crippen MR) is 71.7 cm³/mol. The van der Waals surface area contributed by atoms with Crippen LogP contribution in [-0.2, 0) is 0 Å². The van der Waals surface area contributed by atoms with Gasteiger partial charge in [-0.15, -0.1) is 0 Å². The Morgan fingerprint density at radius 3 is 2.53 bits per heavy atom. The zero-order valence-corrected chi connectivity index (χ0v) is 9.74. The zero-order valence-electron chi connectivity index (χ0n) is 8.92. The lowest BCUT2D eigenvalue weighted by atomic mass is 10.2. The molecule has 84 valence electrons. The van der Waals surface area contributed by atoms with Gasteiger partial charge in [0.1, 0.15) is 5.82 Å². The normalized spacial score (nSPS) is 10.8. The van der Waals surface area contributed by atoms with Gasteiger partial charge in [0, 0.05) is 5.39 Å². The molecule has 0 bridgehead atoms. The molecular weight excluding hydrogens is 232 g/mol. The van der Waals surface area contributed by atoms with Crippen molar-refractivity contribution in [1.82, 2.24) is 9.97 Å². The summed E-state index contributed by atoms with van der Waals surface area (Å²) in [6, 6.07) is 11.9. The molecule has 2 heterocycles. The van der Waals surface area contributed by atoms with Gasteiger partial charge in [0.25, 0.3) is 0 Å². The molecule has 4 N–H and O–H groups in total. The molecular formula is C12H10N4S. The van der Waals surface area contributed by atoms with Crippen LogP contribution in [0.25, 0.3) is 21.5 Å². The lowest BCUT2D eigenvalue weighted by molar-refractivity contribution is 1.39. The highest BCUT2D eigenvalue weighted by atomic mass is 32.1. The fourth-order valence-corrected chi connectivity index (χ4v) is 2.45. The summed E-state index contributed by atoms with van der Waals surface area (Å²) in [4.78, 5) is 9.38. The van der Waals surface area contributed by atoms with Crippen LogP contribution in [0.5, 0.6) is 0 Å². The molecule has 0 spiro atoms. The van der Waals surface area contributed by atoms with Crippen molar-refractivity contribution in [3.63, 3.8) is 0 Å². The predicted octanol–water partition coefficient (Wildman–Crippen LogP) is 2.52. The molecule has 0 amide bonds. The number of nitrogens with zero attached hydrogens (tertiary/aromatic N) is 2. The Hall–Kier alpha value is -2.14. The van der Waals surface area contributed by atoms with Gasteiger partial charge < -0.3 is 11.5 Å². The van der Waals surface area contributed by atoms with Crippen LogP contribution >= 0.6 is 11.3 Å². The summed E-state index contributed by atoms with van der Waals surface area (Å²) in [5.74, 6) is 0.440. The minimum absolute atomic E-state index is 0.440. The van der Waals surface area contributed by atoms with Gasteiger partial charge in [0.2, 0.25) is 0 Å². The van der Waals surface area contributed by atoms with Crippen molar-refractivity contribution in [2.75, 3.05) is 11.5 Å². The Labute approximate surface area is 102 Å². The van der Waals surface area contributed by atoms with Crippen LogP contribution in [-0.4, -0.2) is 9.97 Å². The molecule has 0 fully saturated rings. The van der Waals surface area contributed by atoms with Crippen LogP contribution in [0, 0.1) is 0 Å². The summed E-state index contributed by atoms with van der Waals surface area (Å²) in [5.41, 5.74) is 13.2. The number of aromatic nitrogens is 2. The summed E-state index contributed by atoms with van der Waals surface area (Å²) in [6.45, 7) is 0. The lowest BCUT2D eigenvalue weighted by Crippen LogP contribution is -1.90. The van der Waals surface area contributed by atoms with E-state index in [1.54, 1.807) is 0 Å². The highest BCUT2D eigenvalue weighted by molar-refractivity contribution is 7.19. The molecule has 5 heteroatoms. The van der Waals surface area contributed by atoms with Crippen LogP contribution in [0.3, 0.4) is 0 Å². The van der Waals surface area contributed by atoms with Crippen molar-refractivity contribution >= 4 is 33.2 Å². The molecule has 0 radical (unpaired) electrons. The third-order valence-corrected chi connectivity index (χ3v) is 3.42. The number of hydrogen-bond acceptors (Lipinski definition) is 5. The Bertz CT molecular complexity index is 690. The van der Waals surface area contributed by atoms with Crippen LogP contribution in [0.2, 0.25) is 0 Å². The first-order chi connectivity index (χ1) is 8.24. The van der Waals surface area contributed by atoms with E-state index < -0.39 is 0 Å². The van der Waals surface area contributed by atoms with E-state index in [9.17, 15) is 0 Å². The molecule has 2 aromatic heterocycles. The van der Waals surface area contributed by atoms with Crippen molar-refractivity contribution in [3.05, 3.63) is 36.4 Å². The maximum absolute atomic E-state index is 5.80. The Balaban J connectivity index is 2.21. The van der Waals surface area contributed by atoms with Crippen LogP contribution in [0.1, 0.15) is 0 Å². The van der Waals surface area contributed by atoms with Gasteiger partial charge in [-0.1, -0.05) is 35.6 Å². The minimum Gasteiger partial charge on any atom is -0.382 e. The maximum Gasteiger partial charge on any atom is 0.182 e. The summed E-state index contributed by atoms with van der Waals surface area (Å²) in [6.07, 6.45) is 0. The monoisotopic (exact) mass is 242 g/mol. The summed E-state index contributed by atoms with van der Waals surface area (Å²) >= 11 is 1.36. The number of para-hydroxylation sites is 1. The van der Waals surface area contributed by atoms with Gasteiger partial charge >= 0.3 is 0 Å². The molecule has 4 nitrogen and oxygen atoms in total. The lowest BCUT2D eigenvalue weighted by Gasteiger charge is -2.00. The van der Waals surface area contributed by atoms with Crippen molar-refractivity contribution < 1.29 is 0 Å². The number of pyridine rings is 1. The van der Waals surface area contributed by atoms with E-state index in [0.717, 1.165) is 21.5 Å². The van der Waals surface area contributed by atoms with Crippen LogP contribution < -0.4 is 11.5 Å². The molecule has 3 rings (SSSR count). The third kappa shape index (κ3) is 1.70. The van der Waals surface area contributed by atoms with Crippen LogP contribution in [0.15, 0.2) is 36.4 Å². The topological polar surface area (TPSA) is 77.8 Å². The van der Waals surface area contributed by atoms with Gasteiger partial charge in [0.05, 0.1) is 16.1 Å². The summed E-state index contributed by atoms with van der Waals surface area (Å²) in [5, 5.41) is 1.57. The van der Waals surface area contributed by atoms with E-state index >= 15 is 0 Å². The first kappa shape index (κ1) is 10.0. The first-order valence-corrected chi connectivity index (χ1v) is 5.93. The number of benzene rings is 1. The number of thiazole rings is 1. The van der Waals surface area contributed by atoms with Crippen molar-refractivity contribution in [3.8, 4) is 10.6 Å². The van der Waals surface area contributed by atoms with Crippen molar-refractivity contribution in [2.45, 2.75) is 0 Å². The fourth-order valence-electron chi connectivity index (χ4n) is 1.73. The molecule has 0 unspecified atom stereocenters. The van der Waals surface area contributed by atoms with E-state index in [4.69, 9.17) is 11.5 Å². The first-order valence-electron chi connectivity index (χ1n) is 5.12. The molecule has 0 atom stereocenters. The Morgan fingerprint density at radius 2 is 1.76 bits per heavy atom. The van der Waals surface area contributed by atoms with Crippen molar-refractivity contribution in [1.29, 1.82) is 0 Å². The number of anilines is 2. The molecule has 17 heavy (non-hydrogen) atoms. The SMILES string of the molecule is Nc1nc(N)c(-c2ccc3ccccc3n2)s1. The average molecular weight is 242 g/mol. The van der Waals surface area contributed by atoms with E-state index in [-0.39, 0.29) is 0 Å². The largest absolute Gasteiger partial charge is 0.382 e. The minimum atomic E-state index is 0.440. The zero-order chi connectivity index (χ0) is 11.8. The second kappa shape index (κ2) is 3.71. The van der Waals surface area contributed by atoms with Crippen molar-refractivity contribution in [2.24, 2.45) is 0 Å². The molecule has 3 aromatic rings. The smallest absolute Gasteiger partial charge is 0.182 e. The van der Waals surface area contributed by atoms with Gasteiger partial charge in [0.15, 0.2) is 5.13 Å². The van der Waals surface area contributed by atoms with E-state index in [0.29, 0.717) is 10.9 Å². The number of hydrogen-bond donors (Lipinski definition) is 2. The second-order valence-corrected chi connectivity index (χ2v) is 4.69. The third-order valence-electron chi connectivity index (χ3n) is 2.50. The second-order valence-electron chi connectivity index (χ2n) is 3.66. The van der Waals surface area contributed by atoms with Gasteiger partial charge in [-0.25, -0.2) is 9.97 Å². The fraction of sp³-hybridized carbons (Fsp3) is 0. The van der Waals surface area contributed by atoms with E-state index in [1.165, 1.54) is 11.3 Å². The molecule has 1 aromatic carbocycles. The Kier molecular flexibility index (Phi) is 2.19. The van der Waals surface area contributed by atoms with Gasteiger partial charge in [-0.3, -0.25) is 0 Å². The van der Waals surface area contributed by atoms with E-state index in [1.807, 2.05) is 36.4 Å². The molecule has 0 saturated carbocycles. The molecule has 0 aliphatic rings. The number of nitrogen functional groups attached to an aromatic ring is 2. The van der Waals surface area contributed by atoms with Gasteiger partial charge in [-0.2, -0.15) is 0 Å². The standard InChI is InChI=1S/C12H10N4S/c13-11-10(17-12(14)16-11)9-6-5-7-3-1-2-4-8(7)15-9/h1-6H,13H2,(H2,14,16).